The molecule has 1 rings (SSSR count). The summed E-state index contributed by atoms with van der Waals surface area (Å²) < 4.78 is 8.81. The van der Waals surface area contributed by atoms with Gasteiger partial charge in [-0.2, -0.15) is 0 Å². The third-order valence-corrected chi connectivity index (χ3v) is 1.59. The Balaban J connectivity index is 2.63. The van der Waals surface area contributed by atoms with E-state index in [1.807, 2.05) is 0 Å². The maximum Gasteiger partial charge on any atom is 0.362 e. The third-order valence-electron chi connectivity index (χ3n) is 1.59. The molecule has 0 bridgehead atoms. The van der Waals surface area contributed by atoms with E-state index in [-0.39, 0.29) is 0 Å². The Morgan fingerprint density at radius 2 is 1.85 bits per heavy atom. The molecule has 1 aliphatic rings. The molecule has 2 atom stereocenters. The van der Waals surface area contributed by atoms with Crippen molar-refractivity contribution in [1.82, 2.24) is 0 Å². The molecule has 0 aromatic rings. The van der Waals surface area contributed by atoms with Crippen LogP contribution in [0.25, 0.3) is 0 Å². The highest BCUT2D eigenvalue weighted by Gasteiger charge is 2.44. The van der Waals surface area contributed by atoms with Gasteiger partial charge in [-0.3, -0.25) is 4.79 Å². The van der Waals surface area contributed by atoms with E-state index in [0.29, 0.717) is 0 Å². The fourth-order valence-corrected chi connectivity index (χ4v) is 0.900. The van der Waals surface area contributed by atoms with Gasteiger partial charge in [0, 0.05) is 0 Å². The quantitative estimate of drug-likeness (QED) is 0.316. The maximum atomic E-state index is 11.0. The van der Waals surface area contributed by atoms with Crippen LogP contribution in [-0.4, -0.2) is 39.7 Å². The van der Waals surface area contributed by atoms with Gasteiger partial charge < -0.3 is 14.3 Å². The van der Waals surface area contributed by atoms with Gasteiger partial charge in [-0.25, -0.2) is 9.68 Å². The van der Waals surface area contributed by atoms with Crippen molar-refractivity contribution < 1.29 is 28.8 Å². The molecule has 6 nitrogen and oxygen atoms in total. The Bertz CT molecular complexity index is 195. The van der Waals surface area contributed by atoms with Crippen molar-refractivity contribution in [2.24, 2.45) is 0 Å². The fraction of sp³-hybridized carbons (Fsp3) is 0.667. The minimum Gasteiger partial charge on any atom is -0.469 e. The zero-order valence-electron chi connectivity index (χ0n) is 7.18. The predicted octanol–water partition coefficient (Wildman–Crippen LogP) is -0.930. The van der Waals surface area contributed by atoms with E-state index < -0.39 is 23.9 Å². The molecule has 0 amide bonds. The molecule has 1 aliphatic heterocycles. The number of rotatable bonds is 2. The van der Waals surface area contributed by atoms with Crippen LogP contribution in [0.4, 0.5) is 0 Å². The molecule has 13 heavy (non-hydrogen) atoms. The molecule has 0 spiro atoms. The van der Waals surface area contributed by atoms with Crippen molar-refractivity contribution in [3.63, 3.8) is 0 Å². The molecule has 71 valence electrons. The first-order valence-electron chi connectivity index (χ1n) is 3.52. The number of hydrogen-bond donors (Lipinski definition) is 0. The van der Waals surface area contributed by atoms with Crippen LogP contribution in [0, 0.1) is 0 Å². The van der Waals surface area contributed by atoms with Gasteiger partial charge >= 0.3 is 19.4 Å². The maximum absolute atomic E-state index is 11.0. The highest BCUT2D eigenvalue weighted by atomic mass is 17.2. The van der Waals surface area contributed by atoms with Crippen LogP contribution in [0.1, 0.15) is 0 Å². The second kappa shape index (κ2) is 4.24. The Labute approximate surface area is 75.3 Å². The van der Waals surface area contributed by atoms with Gasteiger partial charge in [-0.05, 0) is 0 Å². The molecule has 2 unspecified atom stereocenters. The SMILES string of the molecule is COC(=O)C1[B]OOC1C(=O)OC. The lowest BCUT2D eigenvalue weighted by Gasteiger charge is -2.10. The Hall–Kier alpha value is -1.08. The molecule has 0 N–H and O–H groups in total. The van der Waals surface area contributed by atoms with Crippen LogP contribution in [0.15, 0.2) is 0 Å². The first-order valence-corrected chi connectivity index (χ1v) is 3.52. The van der Waals surface area contributed by atoms with Gasteiger partial charge in [-0.15, -0.1) is 0 Å². The van der Waals surface area contributed by atoms with Crippen LogP contribution in [-0.2, 0) is 28.8 Å². The first-order chi connectivity index (χ1) is 6.20. The van der Waals surface area contributed by atoms with E-state index >= 15 is 0 Å². The third kappa shape index (κ3) is 1.99. The van der Waals surface area contributed by atoms with Crippen LogP contribution in [0.3, 0.4) is 0 Å². The molecule has 0 aromatic heterocycles. The second-order valence-corrected chi connectivity index (χ2v) is 2.32. The fourth-order valence-electron chi connectivity index (χ4n) is 0.900. The predicted molar refractivity (Wildman–Crippen MR) is 39.5 cm³/mol. The van der Waals surface area contributed by atoms with Gasteiger partial charge in [-0.1, -0.05) is 0 Å². The number of methoxy groups -OCH3 is 2. The first kappa shape index (κ1) is 10.0. The Morgan fingerprint density at radius 1 is 1.23 bits per heavy atom. The monoisotopic (exact) mass is 187 g/mol. The second-order valence-electron chi connectivity index (χ2n) is 2.32. The number of esters is 2. The van der Waals surface area contributed by atoms with Gasteiger partial charge in [0.15, 0.2) is 6.10 Å². The molecule has 1 radical (unpaired) electrons. The van der Waals surface area contributed by atoms with E-state index in [1.165, 1.54) is 14.2 Å². The number of carbonyl (C=O) groups excluding carboxylic acids is 2. The van der Waals surface area contributed by atoms with Gasteiger partial charge in [0.05, 0.1) is 14.2 Å². The Morgan fingerprint density at radius 3 is 2.38 bits per heavy atom. The number of hydrogen-bond acceptors (Lipinski definition) is 6. The van der Waals surface area contributed by atoms with Crippen molar-refractivity contribution in [2.45, 2.75) is 11.9 Å². The number of carbonyl (C=O) groups is 2. The van der Waals surface area contributed by atoms with Gasteiger partial charge in [0.1, 0.15) is 5.82 Å². The molecule has 1 fully saturated rings. The summed E-state index contributed by atoms with van der Waals surface area (Å²) >= 11 is 0. The average molecular weight is 187 g/mol. The largest absolute Gasteiger partial charge is 0.469 e. The van der Waals surface area contributed by atoms with Crippen molar-refractivity contribution in [3.8, 4) is 0 Å². The van der Waals surface area contributed by atoms with E-state index in [4.69, 9.17) is 0 Å². The zero-order valence-corrected chi connectivity index (χ0v) is 7.18. The van der Waals surface area contributed by atoms with E-state index in [0.717, 1.165) is 7.48 Å². The molecular weight excluding hydrogens is 179 g/mol. The topological polar surface area (TPSA) is 71.1 Å². The van der Waals surface area contributed by atoms with E-state index in [1.54, 1.807) is 0 Å². The van der Waals surface area contributed by atoms with Gasteiger partial charge in [0.25, 0.3) is 0 Å². The minimum atomic E-state index is -1.07. The molecule has 0 aromatic carbocycles. The van der Waals surface area contributed by atoms with Crippen molar-refractivity contribution >= 4 is 19.4 Å². The summed E-state index contributed by atoms with van der Waals surface area (Å²) in [6, 6.07) is 0. The van der Waals surface area contributed by atoms with E-state index in [9.17, 15) is 9.59 Å². The van der Waals surface area contributed by atoms with Crippen molar-refractivity contribution in [1.29, 1.82) is 0 Å². The normalized spacial score (nSPS) is 26.3. The zero-order chi connectivity index (χ0) is 9.84. The minimum absolute atomic E-state index is 0.604. The summed E-state index contributed by atoms with van der Waals surface area (Å²) in [5.74, 6) is -2.14. The summed E-state index contributed by atoms with van der Waals surface area (Å²) in [7, 11) is 3.49. The Kier molecular flexibility index (Phi) is 3.27. The highest BCUT2D eigenvalue weighted by molar-refractivity contribution is 6.38. The average Bonchev–Trinajstić information content (AvgIpc) is 2.63. The standard InChI is InChI=1S/C6H8BO6/c1-10-5(8)3-4(6(9)11-2)12-13-7-3/h3-4H,1-2H3. The lowest BCUT2D eigenvalue weighted by Crippen LogP contribution is -2.31. The summed E-state index contributed by atoms with van der Waals surface area (Å²) in [5.41, 5.74) is 0. The lowest BCUT2D eigenvalue weighted by atomic mass is 9.77. The van der Waals surface area contributed by atoms with Crippen molar-refractivity contribution in [3.05, 3.63) is 0 Å². The molecular formula is C6H8BO6. The molecule has 1 saturated heterocycles. The number of ether oxygens (including phenoxy) is 2. The molecule has 0 saturated carbocycles. The summed E-state index contributed by atoms with van der Waals surface area (Å²) in [6.45, 7) is 0. The summed E-state index contributed by atoms with van der Waals surface area (Å²) in [6.07, 6.45) is -1.07. The molecule has 7 heteroatoms. The summed E-state index contributed by atoms with van der Waals surface area (Å²) in [4.78, 5) is 30.9. The van der Waals surface area contributed by atoms with Crippen LogP contribution < -0.4 is 0 Å². The van der Waals surface area contributed by atoms with E-state index in [2.05, 4.69) is 19.2 Å². The molecule has 0 aliphatic carbocycles. The van der Waals surface area contributed by atoms with Crippen LogP contribution >= 0.6 is 0 Å². The molecule has 1 heterocycles. The van der Waals surface area contributed by atoms with Crippen LogP contribution in [0.5, 0.6) is 0 Å². The lowest BCUT2D eigenvalue weighted by molar-refractivity contribution is -0.229. The highest BCUT2D eigenvalue weighted by Crippen LogP contribution is 2.23. The van der Waals surface area contributed by atoms with Crippen LogP contribution in [0.2, 0.25) is 5.82 Å². The van der Waals surface area contributed by atoms with Crippen molar-refractivity contribution in [2.75, 3.05) is 14.2 Å². The van der Waals surface area contributed by atoms with Gasteiger partial charge in [0.2, 0.25) is 0 Å². The smallest absolute Gasteiger partial charge is 0.362 e. The summed E-state index contributed by atoms with van der Waals surface area (Å²) in [5, 5.41) is 0.